The SMILES string of the molecule is COc1cc2c(cc1OCc1ccccc1)CCNC2/C=C/c1cc(OC(F)(F)F)ccc1C. The summed E-state index contributed by atoms with van der Waals surface area (Å²) < 4.78 is 53.5. The number of methoxy groups -OCH3 is 1. The number of fused-ring (bicyclic) bond motifs is 1. The van der Waals surface area contributed by atoms with Crippen molar-refractivity contribution in [2.24, 2.45) is 0 Å². The normalized spacial score (nSPS) is 15.7. The van der Waals surface area contributed by atoms with Gasteiger partial charge in [-0.25, -0.2) is 0 Å². The van der Waals surface area contributed by atoms with E-state index in [2.05, 4.69) is 10.1 Å². The third-order valence-corrected chi connectivity index (χ3v) is 5.71. The summed E-state index contributed by atoms with van der Waals surface area (Å²) in [7, 11) is 1.60. The summed E-state index contributed by atoms with van der Waals surface area (Å²) in [5.74, 6) is 1.08. The molecule has 0 fully saturated rings. The van der Waals surface area contributed by atoms with Crippen LogP contribution in [0.5, 0.6) is 17.2 Å². The fourth-order valence-corrected chi connectivity index (χ4v) is 3.97. The molecular formula is C27H26F3NO3. The van der Waals surface area contributed by atoms with Crippen LogP contribution in [0.2, 0.25) is 0 Å². The van der Waals surface area contributed by atoms with Crippen molar-refractivity contribution >= 4 is 6.08 Å². The molecule has 178 valence electrons. The van der Waals surface area contributed by atoms with Gasteiger partial charge in [-0.3, -0.25) is 0 Å². The Morgan fingerprint density at radius 3 is 2.56 bits per heavy atom. The molecular weight excluding hydrogens is 443 g/mol. The molecule has 1 unspecified atom stereocenters. The molecule has 1 N–H and O–H groups in total. The van der Waals surface area contributed by atoms with Crippen LogP contribution in [0.1, 0.15) is 33.9 Å². The number of aryl methyl sites for hydroxylation is 1. The van der Waals surface area contributed by atoms with E-state index in [0.717, 1.165) is 35.2 Å². The van der Waals surface area contributed by atoms with E-state index in [9.17, 15) is 13.2 Å². The number of benzene rings is 3. The van der Waals surface area contributed by atoms with Gasteiger partial charge in [-0.05, 0) is 65.4 Å². The monoisotopic (exact) mass is 469 g/mol. The summed E-state index contributed by atoms with van der Waals surface area (Å²) in [4.78, 5) is 0. The Kier molecular flexibility index (Phi) is 7.12. The second kappa shape index (κ2) is 10.2. The highest BCUT2D eigenvalue weighted by atomic mass is 19.4. The third kappa shape index (κ3) is 5.91. The van der Waals surface area contributed by atoms with Gasteiger partial charge in [0.15, 0.2) is 11.5 Å². The van der Waals surface area contributed by atoms with Crippen LogP contribution in [-0.4, -0.2) is 20.0 Å². The van der Waals surface area contributed by atoms with Gasteiger partial charge in [0.2, 0.25) is 0 Å². The van der Waals surface area contributed by atoms with Crippen molar-refractivity contribution in [2.45, 2.75) is 32.4 Å². The van der Waals surface area contributed by atoms with Crippen molar-refractivity contribution in [3.63, 3.8) is 0 Å². The van der Waals surface area contributed by atoms with Gasteiger partial charge >= 0.3 is 6.36 Å². The Balaban J connectivity index is 1.56. The zero-order valence-corrected chi connectivity index (χ0v) is 19.0. The first kappa shape index (κ1) is 23.7. The van der Waals surface area contributed by atoms with Crippen LogP contribution in [-0.2, 0) is 13.0 Å². The van der Waals surface area contributed by atoms with Gasteiger partial charge in [-0.1, -0.05) is 48.6 Å². The smallest absolute Gasteiger partial charge is 0.493 e. The van der Waals surface area contributed by atoms with E-state index in [0.29, 0.717) is 23.7 Å². The van der Waals surface area contributed by atoms with E-state index in [1.54, 1.807) is 13.2 Å². The van der Waals surface area contributed by atoms with E-state index in [-0.39, 0.29) is 11.8 Å². The largest absolute Gasteiger partial charge is 0.573 e. The maximum atomic E-state index is 12.6. The summed E-state index contributed by atoms with van der Waals surface area (Å²) in [6, 6.07) is 18.1. The molecule has 1 heterocycles. The van der Waals surface area contributed by atoms with Crippen molar-refractivity contribution in [3.05, 3.63) is 94.6 Å². The average molecular weight is 470 g/mol. The van der Waals surface area contributed by atoms with E-state index in [4.69, 9.17) is 9.47 Å². The van der Waals surface area contributed by atoms with E-state index >= 15 is 0 Å². The highest BCUT2D eigenvalue weighted by Crippen LogP contribution is 2.36. The fraction of sp³-hybridized carbons (Fsp3) is 0.259. The summed E-state index contributed by atoms with van der Waals surface area (Å²) >= 11 is 0. The van der Waals surface area contributed by atoms with E-state index < -0.39 is 6.36 Å². The zero-order chi connectivity index (χ0) is 24.1. The molecule has 1 aliphatic rings. The van der Waals surface area contributed by atoms with E-state index in [1.807, 2.05) is 61.5 Å². The van der Waals surface area contributed by atoms with Crippen LogP contribution in [0.25, 0.3) is 6.08 Å². The van der Waals surface area contributed by atoms with Gasteiger partial charge in [-0.15, -0.1) is 13.2 Å². The number of halogens is 3. The van der Waals surface area contributed by atoms with Gasteiger partial charge in [0.1, 0.15) is 12.4 Å². The Morgan fingerprint density at radius 1 is 1.03 bits per heavy atom. The number of hydrogen-bond acceptors (Lipinski definition) is 4. The molecule has 1 aliphatic heterocycles. The summed E-state index contributed by atoms with van der Waals surface area (Å²) in [6.07, 6.45) is -0.129. The number of hydrogen-bond donors (Lipinski definition) is 1. The van der Waals surface area contributed by atoms with Gasteiger partial charge in [0.05, 0.1) is 13.2 Å². The molecule has 0 aromatic heterocycles. The molecule has 3 aromatic rings. The molecule has 0 saturated carbocycles. The lowest BCUT2D eigenvalue weighted by Crippen LogP contribution is -2.28. The third-order valence-electron chi connectivity index (χ3n) is 5.71. The fourth-order valence-electron chi connectivity index (χ4n) is 3.97. The predicted octanol–water partition coefficient (Wildman–Crippen LogP) is 6.38. The Morgan fingerprint density at radius 2 is 1.82 bits per heavy atom. The van der Waals surface area contributed by atoms with Gasteiger partial charge in [0, 0.05) is 6.54 Å². The lowest BCUT2D eigenvalue weighted by molar-refractivity contribution is -0.274. The number of ether oxygens (including phenoxy) is 3. The number of rotatable bonds is 7. The topological polar surface area (TPSA) is 39.7 Å². The van der Waals surface area contributed by atoms with Crippen LogP contribution < -0.4 is 19.5 Å². The van der Waals surface area contributed by atoms with Crippen molar-refractivity contribution in [3.8, 4) is 17.2 Å². The average Bonchev–Trinajstić information content (AvgIpc) is 2.82. The molecule has 0 amide bonds. The Labute approximate surface area is 197 Å². The number of nitrogens with one attached hydrogen (secondary N) is 1. The highest BCUT2D eigenvalue weighted by molar-refractivity contribution is 5.58. The van der Waals surface area contributed by atoms with Crippen LogP contribution in [0.15, 0.2) is 66.7 Å². The second-order valence-electron chi connectivity index (χ2n) is 8.08. The first-order valence-corrected chi connectivity index (χ1v) is 11.0. The molecule has 0 radical (unpaired) electrons. The highest BCUT2D eigenvalue weighted by Gasteiger charge is 2.31. The Hall–Kier alpha value is -3.45. The first-order chi connectivity index (χ1) is 16.3. The van der Waals surface area contributed by atoms with E-state index in [1.165, 1.54) is 12.1 Å². The molecule has 0 spiro atoms. The van der Waals surface area contributed by atoms with Gasteiger partial charge in [-0.2, -0.15) is 0 Å². The van der Waals surface area contributed by atoms with Crippen molar-refractivity contribution in [1.29, 1.82) is 0 Å². The van der Waals surface area contributed by atoms with Crippen LogP contribution >= 0.6 is 0 Å². The van der Waals surface area contributed by atoms with Crippen LogP contribution in [0, 0.1) is 6.92 Å². The van der Waals surface area contributed by atoms with Crippen molar-refractivity contribution in [1.82, 2.24) is 5.32 Å². The standard InChI is InChI=1S/C27H26F3NO3/c1-18-8-10-22(34-27(28,29)30)14-20(18)9-11-24-23-16-25(32-2)26(15-21(23)12-13-31-24)33-17-19-6-4-3-5-7-19/h3-11,14-16,24,31H,12-13,17H2,1-2H3/b11-9+. The van der Waals surface area contributed by atoms with Crippen LogP contribution in [0.4, 0.5) is 13.2 Å². The van der Waals surface area contributed by atoms with Crippen molar-refractivity contribution in [2.75, 3.05) is 13.7 Å². The molecule has 4 rings (SSSR count). The summed E-state index contributed by atoms with van der Waals surface area (Å²) in [5, 5.41) is 3.45. The van der Waals surface area contributed by atoms with Crippen LogP contribution in [0.3, 0.4) is 0 Å². The minimum atomic E-state index is -4.73. The zero-order valence-electron chi connectivity index (χ0n) is 19.0. The quantitative estimate of drug-likeness (QED) is 0.436. The second-order valence-corrected chi connectivity index (χ2v) is 8.08. The lowest BCUT2D eigenvalue weighted by atomic mass is 9.92. The maximum absolute atomic E-state index is 12.6. The minimum absolute atomic E-state index is 0.118. The maximum Gasteiger partial charge on any atom is 0.573 e. The molecule has 7 heteroatoms. The van der Waals surface area contributed by atoms with Gasteiger partial charge in [0.25, 0.3) is 0 Å². The summed E-state index contributed by atoms with van der Waals surface area (Å²) in [6.45, 7) is 3.05. The predicted molar refractivity (Wildman–Crippen MR) is 125 cm³/mol. The van der Waals surface area contributed by atoms with Crippen molar-refractivity contribution < 1.29 is 27.4 Å². The van der Waals surface area contributed by atoms with Gasteiger partial charge < -0.3 is 19.5 Å². The molecule has 0 saturated heterocycles. The molecule has 3 aromatic carbocycles. The minimum Gasteiger partial charge on any atom is -0.493 e. The first-order valence-electron chi connectivity index (χ1n) is 11.0. The molecule has 1 atom stereocenters. The number of alkyl halides is 3. The lowest BCUT2D eigenvalue weighted by Gasteiger charge is -2.26. The molecule has 4 nitrogen and oxygen atoms in total. The Bertz CT molecular complexity index is 1160. The molecule has 0 aliphatic carbocycles. The summed E-state index contributed by atoms with van der Waals surface area (Å²) in [5.41, 5.74) is 4.77. The molecule has 34 heavy (non-hydrogen) atoms. The molecule has 0 bridgehead atoms.